The third-order valence-corrected chi connectivity index (χ3v) is 3.60. The Morgan fingerprint density at radius 2 is 1.80 bits per heavy atom. The van der Waals surface area contributed by atoms with Crippen LogP contribution in [0.3, 0.4) is 0 Å². The fraction of sp³-hybridized carbons (Fsp3) is 0.105. The van der Waals surface area contributed by atoms with Crippen molar-refractivity contribution < 1.29 is 14.3 Å². The van der Waals surface area contributed by atoms with E-state index in [1.54, 1.807) is 24.3 Å². The maximum atomic E-state index is 12.5. The summed E-state index contributed by atoms with van der Waals surface area (Å²) >= 11 is 0. The summed E-state index contributed by atoms with van der Waals surface area (Å²) in [7, 11) is 1.51. The predicted octanol–water partition coefficient (Wildman–Crippen LogP) is 3.45. The Balaban J connectivity index is 1.85. The maximum Gasteiger partial charge on any atom is 0.274 e. The van der Waals surface area contributed by atoms with Gasteiger partial charge >= 0.3 is 0 Å². The van der Waals surface area contributed by atoms with Crippen molar-refractivity contribution in [2.24, 2.45) is 0 Å². The van der Waals surface area contributed by atoms with Gasteiger partial charge in [0, 0.05) is 18.0 Å². The molecule has 0 unspecified atom stereocenters. The van der Waals surface area contributed by atoms with E-state index >= 15 is 0 Å². The summed E-state index contributed by atoms with van der Waals surface area (Å²) in [4.78, 5) is 28.1. The predicted molar refractivity (Wildman–Crippen MR) is 97.0 cm³/mol. The van der Waals surface area contributed by atoms with Gasteiger partial charge in [0.05, 0.1) is 18.3 Å². The summed E-state index contributed by atoms with van der Waals surface area (Å²) in [6.07, 6.45) is 0. The van der Waals surface area contributed by atoms with Gasteiger partial charge in [-0.25, -0.2) is 4.98 Å². The average Bonchev–Trinajstić information content (AvgIpc) is 2.61. The highest BCUT2D eigenvalue weighted by Gasteiger charge is 2.11. The Kier molecular flexibility index (Phi) is 4.61. The standard InChI is InChI=1S/C19H17N3O3/c1-12(23)20-17-11-14(8-10-18(17)25-2)21-19(24)16-9-7-13-5-3-4-6-15(13)22-16/h3-11H,1-2H3,(H,20,23)(H,21,24). The minimum Gasteiger partial charge on any atom is -0.495 e. The lowest BCUT2D eigenvalue weighted by Gasteiger charge is -2.12. The van der Waals surface area contributed by atoms with E-state index in [-0.39, 0.29) is 11.8 Å². The van der Waals surface area contributed by atoms with Gasteiger partial charge in [-0.3, -0.25) is 9.59 Å². The van der Waals surface area contributed by atoms with E-state index < -0.39 is 0 Å². The molecule has 0 fully saturated rings. The number of carbonyl (C=O) groups excluding carboxylic acids is 2. The van der Waals surface area contributed by atoms with Crippen LogP contribution in [-0.2, 0) is 4.79 Å². The first-order chi connectivity index (χ1) is 12.1. The van der Waals surface area contributed by atoms with Crippen LogP contribution in [0.1, 0.15) is 17.4 Å². The molecule has 0 aliphatic carbocycles. The number of ether oxygens (including phenoxy) is 1. The molecule has 0 bridgehead atoms. The van der Waals surface area contributed by atoms with E-state index in [2.05, 4.69) is 15.6 Å². The molecule has 0 aliphatic heterocycles. The Bertz CT molecular complexity index is 954. The van der Waals surface area contributed by atoms with Crippen molar-refractivity contribution in [1.82, 2.24) is 4.98 Å². The first-order valence-electron chi connectivity index (χ1n) is 7.69. The average molecular weight is 335 g/mol. The molecular formula is C19H17N3O3. The summed E-state index contributed by atoms with van der Waals surface area (Å²) < 4.78 is 5.20. The number of nitrogens with one attached hydrogen (secondary N) is 2. The summed E-state index contributed by atoms with van der Waals surface area (Å²) in [6, 6.07) is 16.1. The number of carbonyl (C=O) groups is 2. The van der Waals surface area contributed by atoms with Gasteiger partial charge in [-0.2, -0.15) is 0 Å². The first kappa shape index (κ1) is 16.4. The first-order valence-corrected chi connectivity index (χ1v) is 7.69. The molecule has 0 saturated carbocycles. The lowest BCUT2D eigenvalue weighted by Crippen LogP contribution is -2.14. The zero-order valence-electron chi connectivity index (χ0n) is 13.9. The minimum atomic E-state index is -0.329. The lowest BCUT2D eigenvalue weighted by molar-refractivity contribution is -0.114. The third kappa shape index (κ3) is 3.74. The highest BCUT2D eigenvalue weighted by Crippen LogP contribution is 2.28. The number of amides is 2. The number of methoxy groups -OCH3 is 1. The number of anilines is 2. The second kappa shape index (κ2) is 7.00. The van der Waals surface area contributed by atoms with Crippen LogP contribution in [0.2, 0.25) is 0 Å². The second-order valence-electron chi connectivity index (χ2n) is 5.44. The molecule has 0 saturated heterocycles. The van der Waals surface area contributed by atoms with Crippen molar-refractivity contribution in [3.63, 3.8) is 0 Å². The largest absolute Gasteiger partial charge is 0.495 e. The van der Waals surface area contributed by atoms with Gasteiger partial charge in [0.1, 0.15) is 11.4 Å². The van der Waals surface area contributed by atoms with Gasteiger partial charge in [0.25, 0.3) is 5.91 Å². The SMILES string of the molecule is COc1ccc(NC(=O)c2ccc3ccccc3n2)cc1NC(C)=O. The monoisotopic (exact) mass is 335 g/mol. The number of aromatic nitrogens is 1. The van der Waals surface area contributed by atoms with Crippen LogP contribution in [0.15, 0.2) is 54.6 Å². The third-order valence-electron chi connectivity index (χ3n) is 3.60. The number of pyridine rings is 1. The van der Waals surface area contributed by atoms with E-state index in [1.165, 1.54) is 14.0 Å². The van der Waals surface area contributed by atoms with E-state index in [1.807, 2.05) is 30.3 Å². The molecular weight excluding hydrogens is 318 g/mol. The quantitative estimate of drug-likeness (QED) is 0.765. The van der Waals surface area contributed by atoms with E-state index in [0.717, 1.165) is 10.9 Å². The van der Waals surface area contributed by atoms with Crippen LogP contribution < -0.4 is 15.4 Å². The number of hydrogen-bond acceptors (Lipinski definition) is 4. The number of hydrogen-bond donors (Lipinski definition) is 2. The Hall–Kier alpha value is -3.41. The van der Waals surface area contributed by atoms with Crippen molar-refractivity contribution in [3.8, 4) is 5.75 Å². The fourth-order valence-corrected chi connectivity index (χ4v) is 2.46. The summed E-state index contributed by atoms with van der Waals surface area (Å²) in [5.74, 6) is -0.0419. The summed E-state index contributed by atoms with van der Waals surface area (Å²) in [5, 5.41) is 6.42. The number of nitrogens with zero attached hydrogens (tertiary/aromatic N) is 1. The van der Waals surface area contributed by atoms with Crippen molar-refractivity contribution in [3.05, 3.63) is 60.3 Å². The Labute approximate surface area is 144 Å². The Morgan fingerprint density at radius 1 is 1.00 bits per heavy atom. The van der Waals surface area contributed by atoms with Gasteiger partial charge in [-0.15, -0.1) is 0 Å². The van der Waals surface area contributed by atoms with Crippen molar-refractivity contribution in [2.75, 3.05) is 17.7 Å². The zero-order chi connectivity index (χ0) is 17.8. The number of fused-ring (bicyclic) bond motifs is 1. The lowest BCUT2D eigenvalue weighted by atomic mass is 10.2. The van der Waals surface area contributed by atoms with Crippen LogP contribution in [0, 0.1) is 0 Å². The molecule has 2 aromatic carbocycles. The van der Waals surface area contributed by atoms with Gasteiger partial charge in [-0.1, -0.05) is 24.3 Å². The highest BCUT2D eigenvalue weighted by atomic mass is 16.5. The van der Waals surface area contributed by atoms with Crippen molar-refractivity contribution in [1.29, 1.82) is 0 Å². The fourth-order valence-electron chi connectivity index (χ4n) is 2.46. The number of benzene rings is 2. The van der Waals surface area contributed by atoms with Crippen LogP contribution >= 0.6 is 0 Å². The summed E-state index contributed by atoms with van der Waals surface area (Å²) in [6.45, 7) is 1.41. The van der Waals surface area contributed by atoms with Crippen LogP contribution in [0.25, 0.3) is 10.9 Å². The molecule has 126 valence electrons. The molecule has 6 nitrogen and oxygen atoms in total. The van der Waals surface area contributed by atoms with E-state index in [0.29, 0.717) is 22.8 Å². The second-order valence-corrected chi connectivity index (χ2v) is 5.44. The molecule has 0 atom stereocenters. The molecule has 2 amide bonds. The van der Waals surface area contributed by atoms with Crippen molar-refractivity contribution in [2.45, 2.75) is 6.92 Å². The molecule has 0 aliphatic rings. The molecule has 6 heteroatoms. The zero-order valence-corrected chi connectivity index (χ0v) is 13.9. The number of para-hydroxylation sites is 1. The summed E-state index contributed by atoms with van der Waals surface area (Å²) in [5.41, 5.74) is 2.09. The molecule has 3 rings (SSSR count). The highest BCUT2D eigenvalue weighted by molar-refractivity contribution is 6.04. The Morgan fingerprint density at radius 3 is 2.56 bits per heavy atom. The van der Waals surface area contributed by atoms with Crippen LogP contribution in [0.4, 0.5) is 11.4 Å². The topological polar surface area (TPSA) is 80.3 Å². The van der Waals surface area contributed by atoms with Gasteiger partial charge < -0.3 is 15.4 Å². The molecule has 3 aromatic rings. The van der Waals surface area contributed by atoms with Gasteiger partial charge in [-0.05, 0) is 30.3 Å². The van der Waals surface area contributed by atoms with Crippen LogP contribution in [0.5, 0.6) is 5.75 Å². The maximum absolute atomic E-state index is 12.5. The van der Waals surface area contributed by atoms with Crippen LogP contribution in [-0.4, -0.2) is 23.9 Å². The normalized spacial score (nSPS) is 10.3. The van der Waals surface area contributed by atoms with Crippen molar-refractivity contribution >= 4 is 34.1 Å². The van der Waals surface area contributed by atoms with Gasteiger partial charge in [0.15, 0.2) is 0 Å². The smallest absolute Gasteiger partial charge is 0.274 e. The van der Waals surface area contributed by atoms with E-state index in [4.69, 9.17) is 4.74 Å². The van der Waals surface area contributed by atoms with Gasteiger partial charge in [0.2, 0.25) is 5.91 Å². The minimum absolute atomic E-state index is 0.224. The number of rotatable bonds is 4. The molecule has 0 radical (unpaired) electrons. The molecule has 25 heavy (non-hydrogen) atoms. The molecule has 0 spiro atoms. The molecule has 2 N–H and O–H groups in total. The molecule has 1 heterocycles. The van der Waals surface area contributed by atoms with E-state index in [9.17, 15) is 9.59 Å². The molecule has 1 aromatic heterocycles.